The Kier molecular flexibility index (Phi) is 4.52. The number of hydrogen-bond acceptors (Lipinski definition) is 7. The average molecular weight is 317 g/mol. The Morgan fingerprint density at radius 3 is 2.78 bits per heavy atom. The molecular formula is C15H19N5O3. The Labute approximate surface area is 133 Å². The molecule has 3 rings (SSSR count). The molecule has 1 N–H and O–H groups in total. The van der Waals surface area contributed by atoms with Crippen molar-refractivity contribution < 1.29 is 14.1 Å². The number of nitrogens with zero attached hydrogens (tertiary/aromatic N) is 4. The third kappa shape index (κ3) is 3.65. The molecule has 0 unspecified atom stereocenters. The highest BCUT2D eigenvalue weighted by molar-refractivity contribution is 5.94. The lowest BCUT2D eigenvalue weighted by Gasteiger charge is -2.27. The van der Waals surface area contributed by atoms with Gasteiger partial charge in [0.25, 0.3) is 5.91 Å². The van der Waals surface area contributed by atoms with E-state index in [1.165, 1.54) is 6.20 Å². The van der Waals surface area contributed by atoms with Crippen molar-refractivity contribution in [1.29, 1.82) is 0 Å². The molecule has 8 heteroatoms. The first-order valence-electron chi connectivity index (χ1n) is 7.50. The fraction of sp³-hybridized carbons (Fsp3) is 0.467. The van der Waals surface area contributed by atoms with E-state index in [9.17, 15) is 4.79 Å². The highest BCUT2D eigenvalue weighted by Crippen LogP contribution is 2.12. The number of hydrogen-bond donors (Lipinski definition) is 1. The van der Waals surface area contributed by atoms with Crippen molar-refractivity contribution in [2.45, 2.75) is 20.4 Å². The van der Waals surface area contributed by atoms with Crippen molar-refractivity contribution >= 4 is 11.9 Å². The molecule has 0 aliphatic carbocycles. The van der Waals surface area contributed by atoms with Crippen molar-refractivity contribution in [3.63, 3.8) is 0 Å². The van der Waals surface area contributed by atoms with E-state index in [0.717, 1.165) is 24.5 Å². The number of carbonyl (C=O) groups is 1. The summed E-state index contributed by atoms with van der Waals surface area (Å²) in [6, 6.07) is 1.87. The van der Waals surface area contributed by atoms with E-state index in [4.69, 9.17) is 9.26 Å². The first kappa shape index (κ1) is 15.4. The van der Waals surface area contributed by atoms with Crippen LogP contribution in [0.4, 0.5) is 5.95 Å². The van der Waals surface area contributed by atoms with Crippen molar-refractivity contribution in [3.8, 4) is 0 Å². The van der Waals surface area contributed by atoms with Gasteiger partial charge >= 0.3 is 0 Å². The first-order valence-corrected chi connectivity index (χ1v) is 7.50. The molecule has 122 valence electrons. The Morgan fingerprint density at radius 2 is 2.09 bits per heavy atom. The summed E-state index contributed by atoms with van der Waals surface area (Å²) in [5, 5.41) is 6.43. The normalized spacial score (nSPS) is 14.8. The van der Waals surface area contributed by atoms with Gasteiger partial charge in [0.05, 0.1) is 31.6 Å². The predicted molar refractivity (Wildman–Crippen MR) is 82.2 cm³/mol. The number of carbonyl (C=O) groups excluding carboxylic acids is 1. The van der Waals surface area contributed by atoms with Gasteiger partial charge in [0.2, 0.25) is 5.95 Å². The number of anilines is 1. The Morgan fingerprint density at radius 1 is 1.30 bits per heavy atom. The third-order valence-corrected chi connectivity index (χ3v) is 3.61. The van der Waals surface area contributed by atoms with Crippen LogP contribution < -0.4 is 10.2 Å². The fourth-order valence-electron chi connectivity index (χ4n) is 2.39. The topological polar surface area (TPSA) is 93.4 Å². The number of aromatic nitrogens is 3. The van der Waals surface area contributed by atoms with E-state index in [2.05, 4.69) is 25.3 Å². The van der Waals surface area contributed by atoms with E-state index in [1.807, 2.05) is 13.0 Å². The molecule has 1 fully saturated rings. The molecule has 0 radical (unpaired) electrons. The molecule has 0 bridgehead atoms. The zero-order chi connectivity index (χ0) is 16.2. The van der Waals surface area contributed by atoms with Crippen molar-refractivity contribution in [2.24, 2.45) is 0 Å². The quantitative estimate of drug-likeness (QED) is 0.893. The monoisotopic (exact) mass is 317 g/mol. The van der Waals surface area contributed by atoms with Crippen LogP contribution in [0.5, 0.6) is 0 Å². The SMILES string of the molecule is Cc1cc(CNC(=O)c2cnoc2C)nc(N2CCOCC2)n1. The van der Waals surface area contributed by atoms with Crippen LogP contribution in [0, 0.1) is 13.8 Å². The Bertz CT molecular complexity index is 694. The molecule has 0 atom stereocenters. The molecular weight excluding hydrogens is 298 g/mol. The maximum atomic E-state index is 12.1. The van der Waals surface area contributed by atoms with E-state index in [-0.39, 0.29) is 5.91 Å². The summed E-state index contributed by atoms with van der Waals surface area (Å²) in [5.74, 6) is 0.946. The highest BCUT2D eigenvalue weighted by Gasteiger charge is 2.16. The lowest BCUT2D eigenvalue weighted by Crippen LogP contribution is -2.37. The molecule has 0 aromatic carbocycles. The average Bonchev–Trinajstić information content (AvgIpc) is 2.99. The van der Waals surface area contributed by atoms with Gasteiger partial charge in [-0.3, -0.25) is 4.79 Å². The minimum atomic E-state index is -0.229. The summed E-state index contributed by atoms with van der Waals surface area (Å²) >= 11 is 0. The molecule has 23 heavy (non-hydrogen) atoms. The molecule has 1 aliphatic rings. The van der Waals surface area contributed by atoms with Crippen LogP contribution in [0.1, 0.15) is 27.5 Å². The summed E-state index contributed by atoms with van der Waals surface area (Å²) < 4.78 is 10.2. The number of aryl methyl sites for hydroxylation is 2. The van der Waals surface area contributed by atoms with Gasteiger partial charge in [-0.1, -0.05) is 5.16 Å². The first-order chi connectivity index (χ1) is 11.1. The summed E-state index contributed by atoms with van der Waals surface area (Å²) in [4.78, 5) is 23.2. The van der Waals surface area contributed by atoms with Gasteiger partial charge in [-0.05, 0) is 19.9 Å². The molecule has 1 aliphatic heterocycles. The minimum absolute atomic E-state index is 0.229. The molecule has 3 heterocycles. The van der Waals surface area contributed by atoms with Crippen LogP contribution in [0.15, 0.2) is 16.8 Å². The van der Waals surface area contributed by atoms with Crippen LogP contribution in [-0.2, 0) is 11.3 Å². The summed E-state index contributed by atoms with van der Waals surface area (Å²) in [6.45, 7) is 6.84. The second kappa shape index (κ2) is 6.74. The molecule has 1 amide bonds. The van der Waals surface area contributed by atoms with E-state index in [1.54, 1.807) is 6.92 Å². The standard InChI is InChI=1S/C15H19N5O3/c1-10-7-12(8-16-14(21)13-9-17-23-11(13)2)19-15(18-10)20-3-5-22-6-4-20/h7,9H,3-6,8H2,1-2H3,(H,16,21). The lowest BCUT2D eigenvalue weighted by atomic mass is 10.2. The van der Waals surface area contributed by atoms with Crippen LogP contribution in [0.25, 0.3) is 0 Å². The zero-order valence-electron chi connectivity index (χ0n) is 13.2. The Hall–Kier alpha value is -2.48. The smallest absolute Gasteiger partial charge is 0.256 e. The second-order valence-corrected chi connectivity index (χ2v) is 5.38. The lowest BCUT2D eigenvalue weighted by molar-refractivity contribution is 0.0949. The van der Waals surface area contributed by atoms with E-state index in [0.29, 0.717) is 37.0 Å². The molecule has 0 spiro atoms. The number of nitrogens with one attached hydrogen (secondary N) is 1. The summed E-state index contributed by atoms with van der Waals surface area (Å²) in [6.07, 6.45) is 1.41. The predicted octanol–water partition coefficient (Wildman–Crippen LogP) is 0.848. The van der Waals surface area contributed by atoms with Gasteiger partial charge in [-0.15, -0.1) is 0 Å². The van der Waals surface area contributed by atoms with Crippen LogP contribution >= 0.6 is 0 Å². The molecule has 0 saturated carbocycles. The largest absolute Gasteiger partial charge is 0.378 e. The number of rotatable bonds is 4. The number of ether oxygens (including phenoxy) is 1. The van der Waals surface area contributed by atoms with Crippen LogP contribution in [-0.4, -0.2) is 47.3 Å². The molecule has 8 nitrogen and oxygen atoms in total. The van der Waals surface area contributed by atoms with Crippen LogP contribution in [0.3, 0.4) is 0 Å². The van der Waals surface area contributed by atoms with Gasteiger partial charge in [-0.25, -0.2) is 9.97 Å². The highest BCUT2D eigenvalue weighted by atomic mass is 16.5. The van der Waals surface area contributed by atoms with Crippen molar-refractivity contribution in [2.75, 3.05) is 31.2 Å². The molecule has 2 aromatic heterocycles. The summed E-state index contributed by atoms with van der Waals surface area (Å²) in [5.41, 5.74) is 2.07. The van der Waals surface area contributed by atoms with E-state index < -0.39 is 0 Å². The van der Waals surface area contributed by atoms with Gasteiger partial charge in [0.15, 0.2) is 0 Å². The molecule has 2 aromatic rings. The zero-order valence-corrected chi connectivity index (χ0v) is 13.2. The van der Waals surface area contributed by atoms with Gasteiger partial charge < -0.3 is 19.5 Å². The van der Waals surface area contributed by atoms with Gasteiger partial charge in [-0.2, -0.15) is 0 Å². The Balaban J connectivity index is 1.69. The maximum Gasteiger partial charge on any atom is 0.256 e. The maximum absolute atomic E-state index is 12.1. The van der Waals surface area contributed by atoms with Gasteiger partial charge in [0, 0.05) is 18.8 Å². The van der Waals surface area contributed by atoms with Crippen molar-refractivity contribution in [1.82, 2.24) is 20.4 Å². The second-order valence-electron chi connectivity index (χ2n) is 5.38. The number of morpholine rings is 1. The number of amides is 1. The van der Waals surface area contributed by atoms with Gasteiger partial charge in [0.1, 0.15) is 11.3 Å². The minimum Gasteiger partial charge on any atom is -0.378 e. The third-order valence-electron chi connectivity index (χ3n) is 3.61. The van der Waals surface area contributed by atoms with Crippen molar-refractivity contribution in [3.05, 3.63) is 35.0 Å². The molecule has 1 saturated heterocycles. The fourth-order valence-corrected chi connectivity index (χ4v) is 2.39. The van der Waals surface area contributed by atoms with Crippen LogP contribution in [0.2, 0.25) is 0 Å². The van der Waals surface area contributed by atoms with E-state index >= 15 is 0 Å². The summed E-state index contributed by atoms with van der Waals surface area (Å²) in [7, 11) is 0.